The first kappa shape index (κ1) is 17.9. The van der Waals surface area contributed by atoms with Gasteiger partial charge in [-0.3, -0.25) is 4.79 Å². The van der Waals surface area contributed by atoms with Gasteiger partial charge in [0.05, 0.1) is 0 Å². The molecule has 110 valence electrons. The summed E-state index contributed by atoms with van der Waals surface area (Å²) in [5.74, 6) is -0.698. The zero-order valence-corrected chi connectivity index (χ0v) is 12.2. The molecule has 0 amide bonds. The highest BCUT2D eigenvalue weighted by Crippen LogP contribution is 2.10. The summed E-state index contributed by atoms with van der Waals surface area (Å²) in [7, 11) is 0. The van der Waals surface area contributed by atoms with Crippen LogP contribution < -0.4 is 0 Å². The maximum Gasteiger partial charge on any atom is 0.327 e. The first-order valence-electron chi connectivity index (χ1n) is 7.58. The molecular formula is C16H28O3. The molecule has 0 saturated carbocycles. The number of hydrogen-bond donors (Lipinski definition) is 1. The van der Waals surface area contributed by atoms with Gasteiger partial charge in [0.15, 0.2) is 0 Å². The van der Waals surface area contributed by atoms with E-state index in [-0.39, 0.29) is 5.78 Å². The van der Waals surface area contributed by atoms with Crippen molar-refractivity contribution in [1.29, 1.82) is 0 Å². The van der Waals surface area contributed by atoms with Crippen molar-refractivity contribution >= 4 is 11.8 Å². The largest absolute Gasteiger partial charge is 0.478 e. The Balaban J connectivity index is 3.27. The molecule has 3 nitrogen and oxygen atoms in total. The molecule has 0 bridgehead atoms. The van der Waals surface area contributed by atoms with Crippen LogP contribution >= 0.6 is 0 Å². The molecule has 0 aliphatic rings. The van der Waals surface area contributed by atoms with Gasteiger partial charge in [-0.15, -0.1) is 0 Å². The Kier molecular flexibility index (Phi) is 12.5. The quantitative estimate of drug-likeness (QED) is 0.395. The van der Waals surface area contributed by atoms with Crippen LogP contribution in [0.4, 0.5) is 0 Å². The van der Waals surface area contributed by atoms with Crippen LogP contribution in [0.25, 0.3) is 0 Å². The normalized spacial score (nSPS) is 11.0. The molecule has 1 N–H and O–H groups in total. The van der Waals surface area contributed by atoms with Crippen molar-refractivity contribution in [2.75, 3.05) is 0 Å². The molecule has 0 fully saturated rings. The number of rotatable bonds is 13. The fraction of sp³-hybridized carbons (Fsp3) is 0.750. The van der Waals surface area contributed by atoms with Gasteiger partial charge in [-0.25, -0.2) is 4.79 Å². The van der Waals surface area contributed by atoms with Crippen molar-refractivity contribution in [2.45, 2.75) is 77.6 Å². The van der Waals surface area contributed by atoms with Crippen LogP contribution in [-0.4, -0.2) is 16.9 Å². The highest BCUT2D eigenvalue weighted by atomic mass is 16.4. The van der Waals surface area contributed by atoms with Crippen molar-refractivity contribution in [2.24, 2.45) is 0 Å². The first-order valence-corrected chi connectivity index (χ1v) is 7.58. The second-order valence-electron chi connectivity index (χ2n) is 5.04. The number of hydrogen-bond acceptors (Lipinski definition) is 2. The van der Waals surface area contributed by atoms with Gasteiger partial charge in [-0.1, -0.05) is 57.9 Å². The first-order chi connectivity index (χ1) is 9.16. The molecule has 0 spiro atoms. The van der Waals surface area contributed by atoms with Crippen LogP contribution in [0.15, 0.2) is 12.2 Å². The number of allylic oxidation sites excluding steroid dienone is 1. The molecule has 0 aromatic carbocycles. The zero-order chi connectivity index (χ0) is 14.3. The van der Waals surface area contributed by atoms with Gasteiger partial charge in [0.1, 0.15) is 5.78 Å². The average molecular weight is 268 g/mol. The fourth-order valence-electron chi connectivity index (χ4n) is 2.01. The lowest BCUT2D eigenvalue weighted by Gasteiger charge is -2.01. The summed E-state index contributed by atoms with van der Waals surface area (Å²) in [6.07, 6.45) is 14.2. The molecule has 0 rings (SSSR count). The second kappa shape index (κ2) is 13.3. The topological polar surface area (TPSA) is 54.4 Å². The highest BCUT2D eigenvalue weighted by molar-refractivity contribution is 5.80. The predicted octanol–water partition coefficient (Wildman–Crippen LogP) is 4.51. The van der Waals surface area contributed by atoms with Crippen LogP contribution in [-0.2, 0) is 9.59 Å². The number of carbonyl (C=O) groups is 2. The number of unbranched alkanes of at least 4 members (excludes halogenated alkanes) is 7. The molecule has 0 radical (unpaired) electrons. The van der Waals surface area contributed by atoms with Crippen molar-refractivity contribution < 1.29 is 14.7 Å². The van der Waals surface area contributed by atoms with Gasteiger partial charge in [0.2, 0.25) is 0 Å². The van der Waals surface area contributed by atoms with E-state index in [1.807, 2.05) is 0 Å². The zero-order valence-electron chi connectivity index (χ0n) is 12.2. The second-order valence-corrected chi connectivity index (χ2v) is 5.04. The van der Waals surface area contributed by atoms with Gasteiger partial charge in [0.25, 0.3) is 0 Å². The van der Waals surface area contributed by atoms with E-state index in [0.717, 1.165) is 18.9 Å². The molecule has 0 saturated heterocycles. The van der Waals surface area contributed by atoms with Crippen molar-refractivity contribution in [3.8, 4) is 0 Å². The number of carboxylic acids is 1. The van der Waals surface area contributed by atoms with Gasteiger partial charge in [-0.05, 0) is 12.8 Å². The summed E-state index contributed by atoms with van der Waals surface area (Å²) in [6, 6.07) is 0. The van der Waals surface area contributed by atoms with Gasteiger partial charge in [0, 0.05) is 18.9 Å². The SMILES string of the molecule is CCCCCCCCCCC(=O)CCC=CC(=O)O. The van der Waals surface area contributed by atoms with Gasteiger partial charge >= 0.3 is 5.97 Å². The van der Waals surface area contributed by atoms with Crippen LogP contribution in [0.5, 0.6) is 0 Å². The lowest BCUT2D eigenvalue weighted by Crippen LogP contribution is -1.97. The minimum atomic E-state index is -0.949. The maximum absolute atomic E-state index is 11.5. The van der Waals surface area contributed by atoms with E-state index in [4.69, 9.17) is 5.11 Å². The van der Waals surface area contributed by atoms with Crippen molar-refractivity contribution in [3.63, 3.8) is 0 Å². The van der Waals surface area contributed by atoms with E-state index < -0.39 is 5.97 Å². The molecule has 0 aliphatic carbocycles. The van der Waals surface area contributed by atoms with E-state index >= 15 is 0 Å². The Morgan fingerprint density at radius 2 is 1.47 bits per heavy atom. The smallest absolute Gasteiger partial charge is 0.327 e. The van der Waals surface area contributed by atoms with Crippen LogP contribution in [0, 0.1) is 0 Å². The summed E-state index contributed by atoms with van der Waals surface area (Å²) in [4.78, 5) is 21.7. The molecule has 0 heterocycles. The van der Waals surface area contributed by atoms with Crippen LogP contribution in [0.1, 0.15) is 77.6 Å². The average Bonchev–Trinajstić information content (AvgIpc) is 2.37. The minimum Gasteiger partial charge on any atom is -0.478 e. The van der Waals surface area contributed by atoms with Crippen molar-refractivity contribution in [1.82, 2.24) is 0 Å². The monoisotopic (exact) mass is 268 g/mol. The van der Waals surface area contributed by atoms with Crippen molar-refractivity contribution in [3.05, 3.63) is 12.2 Å². The Morgan fingerprint density at radius 3 is 2.05 bits per heavy atom. The highest BCUT2D eigenvalue weighted by Gasteiger charge is 2.00. The van der Waals surface area contributed by atoms with Crippen LogP contribution in [0.3, 0.4) is 0 Å². The molecule has 0 aromatic rings. The number of carbonyl (C=O) groups excluding carboxylic acids is 1. The lowest BCUT2D eigenvalue weighted by molar-refractivity contribution is -0.131. The minimum absolute atomic E-state index is 0.251. The third-order valence-corrected chi connectivity index (χ3v) is 3.16. The van der Waals surface area contributed by atoms with E-state index in [1.54, 1.807) is 6.08 Å². The number of carboxylic acid groups (broad SMARTS) is 1. The molecule has 19 heavy (non-hydrogen) atoms. The Morgan fingerprint density at radius 1 is 0.895 bits per heavy atom. The van der Waals surface area contributed by atoms with E-state index in [1.165, 1.54) is 38.5 Å². The summed E-state index contributed by atoms with van der Waals surface area (Å²) in [5, 5.41) is 8.38. The number of ketones is 1. The van der Waals surface area contributed by atoms with Crippen LogP contribution in [0.2, 0.25) is 0 Å². The van der Waals surface area contributed by atoms with E-state index in [2.05, 4.69) is 6.92 Å². The Bertz CT molecular complexity index is 269. The summed E-state index contributed by atoms with van der Waals surface area (Å²) in [5.41, 5.74) is 0. The summed E-state index contributed by atoms with van der Waals surface area (Å²) < 4.78 is 0. The Labute approximate surface area is 117 Å². The Hall–Kier alpha value is -1.12. The lowest BCUT2D eigenvalue weighted by atomic mass is 10.0. The van der Waals surface area contributed by atoms with E-state index in [0.29, 0.717) is 19.3 Å². The standard InChI is InChI=1S/C16H28O3/c1-2-3-4-5-6-7-8-9-12-15(17)13-10-11-14-16(18)19/h11,14H,2-10,12-13H2,1H3,(H,18,19). The maximum atomic E-state index is 11.5. The third-order valence-electron chi connectivity index (χ3n) is 3.16. The van der Waals surface area contributed by atoms with Gasteiger partial charge < -0.3 is 5.11 Å². The molecule has 0 unspecified atom stereocenters. The van der Waals surface area contributed by atoms with E-state index in [9.17, 15) is 9.59 Å². The van der Waals surface area contributed by atoms with Gasteiger partial charge in [-0.2, -0.15) is 0 Å². The number of Topliss-reactive ketones (excluding diaryl/α,β-unsaturated/α-hetero) is 1. The molecular weight excluding hydrogens is 240 g/mol. The number of aliphatic carboxylic acids is 1. The summed E-state index contributed by atoms with van der Waals surface area (Å²) in [6.45, 7) is 2.22. The summed E-state index contributed by atoms with van der Waals surface area (Å²) >= 11 is 0. The molecule has 0 aliphatic heterocycles. The third kappa shape index (κ3) is 14.8. The molecule has 3 heteroatoms. The fourth-order valence-corrected chi connectivity index (χ4v) is 2.01. The molecule has 0 aromatic heterocycles. The molecule has 0 atom stereocenters. The predicted molar refractivity (Wildman–Crippen MR) is 78.2 cm³/mol.